The molecule has 0 saturated carbocycles. The highest BCUT2D eigenvalue weighted by molar-refractivity contribution is 7.92. The summed E-state index contributed by atoms with van der Waals surface area (Å²) in [6.45, 7) is 1.96. The fourth-order valence-electron chi connectivity index (χ4n) is 3.96. The van der Waals surface area contributed by atoms with Crippen molar-refractivity contribution in [2.24, 2.45) is 0 Å². The first-order valence-electron chi connectivity index (χ1n) is 10.1. The fourth-order valence-corrected chi connectivity index (χ4v) is 5.91. The molecule has 1 aliphatic rings. The summed E-state index contributed by atoms with van der Waals surface area (Å²) >= 11 is 12.3. The van der Waals surface area contributed by atoms with Crippen molar-refractivity contribution in [2.75, 3.05) is 10.8 Å². The lowest BCUT2D eigenvalue weighted by Crippen LogP contribution is -2.34. The maximum Gasteiger partial charge on any atom is 0.275 e. The zero-order chi connectivity index (χ0) is 23.3. The summed E-state index contributed by atoms with van der Waals surface area (Å²) in [4.78, 5) is 17.9. The largest absolute Gasteiger partial charge is 0.290 e. The molecule has 0 radical (unpaired) electrons. The van der Waals surface area contributed by atoms with Gasteiger partial charge in [-0.25, -0.2) is 22.4 Å². The van der Waals surface area contributed by atoms with Crippen molar-refractivity contribution in [3.05, 3.63) is 92.3 Å². The second-order valence-electron chi connectivity index (χ2n) is 7.75. The smallest absolute Gasteiger partial charge is 0.275 e. The summed E-state index contributed by atoms with van der Waals surface area (Å²) in [5.41, 5.74) is 2.64. The van der Waals surface area contributed by atoms with Crippen molar-refractivity contribution in [1.29, 1.82) is 0 Å². The van der Waals surface area contributed by atoms with Gasteiger partial charge in [-0.15, -0.1) is 0 Å². The Labute approximate surface area is 200 Å². The summed E-state index contributed by atoms with van der Waals surface area (Å²) in [6.07, 6.45) is 1.74. The van der Waals surface area contributed by atoms with Crippen molar-refractivity contribution in [3.8, 4) is 16.9 Å². The number of aromatic amines is 1. The Balaban J connectivity index is 1.67. The minimum Gasteiger partial charge on any atom is -0.290 e. The Bertz CT molecular complexity index is 1520. The number of aromatic nitrogens is 3. The molecule has 10 heteroatoms. The zero-order valence-electron chi connectivity index (χ0n) is 17.4. The van der Waals surface area contributed by atoms with E-state index in [1.807, 2.05) is 6.92 Å². The maximum atomic E-state index is 13.5. The van der Waals surface area contributed by atoms with Crippen LogP contribution in [0.1, 0.15) is 11.1 Å². The molecule has 4 aromatic rings. The van der Waals surface area contributed by atoms with Crippen LogP contribution in [0.5, 0.6) is 0 Å². The number of rotatable bonds is 3. The van der Waals surface area contributed by atoms with Crippen LogP contribution in [0.15, 0.2) is 70.5 Å². The van der Waals surface area contributed by atoms with Gasteiger partial charge in [0, 0.05) is 33.9 Å². The first-order chi connectivity index (χ1) is 15.8. The average Bonchev–Trinajstić information content (AvgIpc) is 3.00. The Morgan fingerprint density at radius 1 is 1.03 bits per heavy atom. The second-order valence-corrected chi connectivity index (χ2v) is 10.5. The van der Waals surface area contributed by atoms with Crippen molar-refractivity contribution in [3.63, 3.8) is 0 Å². The predicted octanol–water partition coefficient (Wildman–Crippen LogP) is 4.59. The summed E-state index contributed by atoms with van der Waals surface area (Å²) in [5, 5.41) is 3.90. The monoisotopic (exact) mass is 500 g/mol. The van der Waals surface area contributed by atoms with Crippen molar-refractivity contribution in [2.45, 2.75) is 18.2 Å². The van der Waals surface area contributed by atoms with Gasteiger partial charge in [-0.05, 0) is 55.8 Å². The van der Waals surface area contributed by atoms with Crippen molar-refractivity contribution in [1.82, 2.24) is 14.8 Å². The highest BCUT2D eigenvalue weighted by atomic mass is 35.5. The highest BCUT2D eigenvalue weighted by Gasteiger charge is 2.33. The van der Waals surface area contributed by atoms with E-state index in [1.165, 1.54) is 15.2 Å². The SMILES string of the molecule is Cc1ccc(S(=O)(=O)N2CCc3c([nH]n(-c4cc(Cl)cc(Cl)c4)c3=O)-c3cccnc32)cc1. The molecule has 168 valence electrons. The molecule has 0 amide bonds. The summed E-state index contributed by atoms with van der Waals surface area (Å²) in [6, 6.07) is 14.9. The molecule has 5 rings (SSSR count). The summed E-state index contributed by atoms with van der Waals surface area (Å²) in [5.74, 6) is 0.259. The van der Waals surface area contributed by atoms with Crippen LogP contribution in [0.3, 0.4) is 0 Å². The quantitative estimate of drug-likeness (QED) is 0.445. The van der Waals surface area contributed by atoms with Gasteiger partial charge in [0.2, 0.25) is 0 Å². The first kappa shape index (κ1) is 21.8. The van der Waals surface area contributed by atoms with Crippen LogP contribution in [0.2, 0.25) is 10.0 Å². The molecule has 33 heavy (non-hydrogen) atoms. The van der Waals surface area contributed by atoms with E-state index in [1.54, 1.807) is 54.6 Å². The molecule has 0 saturated heterocycles. The van der Waals surface area contributed by atoms with Crippen LogP contribution in [0.4, 0.5) is 5.82 Å². The number of H-pyrrole nitrogens is 1. The van der Waals surface area contributed by atoms with Gasteiger partial charge in [0.1, 0.15) is 0 Å². The molecule has 0 bridgehead atoms. The number of hydrogen-bond donors (Lipinski definition) is 1. The van der Waals surface area contributed by atoms with E-state index in [0.717, 1.165) is 5.56 Å². The molecule has 2 aromatic heterocycles. The molecule has 7 nitrogen and oxygen atoms in total. The lowest BCUT2D eigenvalue weighted by molar-refractivity contribution is 0.590. The van der Waals surface area contributed by atoms with Crippen molar-refractivity contribution >= 4 is 39.0 Å². The normalized spacial score (nSPS) is 13.4. The minimum absolute atomic E-state index is 0.0661. The molecular formula is C23H18Cl2N4O3S. The fraction of sp³-hybridized carbons (Fsp3) is 0.130. The van der Waals surface area contributed by atoms with Gasteiger partial charge in [0.25, 0.3) is 15.6 Å². The summed E-state index contributed by atoms with van der Waals surface area (Å²) < 4.78 is 29.6. The van der Waals surface area contributed by atoms with Crippen LogP contribution in [-0.4, -0.2) is 29.7 Å². The standard InChI is InChI=1S/C23H18Cl2N4O3S/c1-14-4-6-18(7-5-14)33(31,32)28-10-8-20-21(19-3-2-9-26-22(19)28)27-29(23(20)30)17-12-15(24)11-16(25)13-17/h2-7,9,11-13,27H,8,10H2,1H3. The second kappa shape index (κ2) is 8.06. The Morgan fingerprint density at radius 2 is 1.73 bits per heavy atom. The third kappa shape index (κ3) is 3.74. The molecule has 1 aliphatic heterocycles. The van der Waals surface area contributed by atoms with Crippen LogP contribution in [-0.2, 0) is 16.4 Å². The zero-order valence-corrected chi connectivity index (χ0v) is 19.7. The van der Waals surface area contributed by atoms with Gasteiger partial charge in [0.05, 0.1) is 16.3 Å². The molecular weight excluding hydrogens is 483 g/mol. The van der Waals surface area contributed by atoms with E-state index in [0.29, 0.717) is 32.6 Å². The maximum absolute atomic E-state index is 13.5. The average molecular weight is 501 g/mol. The lowest BCUT2D eigenvalue weighted by Gasteiger charge is -2.23. The Morgan fingerprint density at radius 3 is 2.42 bits per heavy atom. The van der Waals surface area contributed by atoms with Crippen LogP contribution >= 0.6 is 23.2 Å². The molecule has 0 spiro atoms. The molecule has 0 atom stereocenters. The third-order valence-electron chi connectivity index (χ3n) is 5.56. The Hall–Kier alpha value is -3.07. The van der Waals surface area contributed by atoms with Gasteiger partial charge in [-0.2, -0.15) is 0 Å². The number of sulfonamides is 1. The van der Waals surface area contributed by atoms with E-state index in [4.69, 9.17) is 23.2 Å². The van der Waals surface area contributed by atoms with Gasteiger partial charge in [-0.1, -0.05) is 40.9 Å². The molecule has 3 heterocycles. The van der Waals surface area contributed by atoms with Gasteiger partial charge >= 0.3 is 0 Å². The number of benzene rings is 2. The van der Waals surface area contributed by atoms with Crippen molar-refractivity contribution < 1.29 is 8.42 Å². The van der Waals surface area contributed by atoms with Gasteiger partial charge < -0.3 is 0 Å². The highest BCUT2D eigenvalue weighted by Crippen LogP contribution is 2.36. The molecule has 0 unspecified atom stereocenters. The van der Waals surface area contributed by atoms with E-state index < -0.39 is 10.0 Å². The minimum atomic E-state index is -3.88. The number of fused-ring (bicyclic) bond motifs is 3. The number of nitrogens with one attached hydrogen (secondary N) is 1. The molecule has 0 fully saturated rings. The number of hydrogen-bond acceptors (Lipinski definition) is 4. The van der Waals surface area contributed by atoms with E-state index in [9.17, 15) is 13.2 Å². The van der Waals surface area contributed by atoms with E-state index in [-0.39, 0.29) is 29.2 Å². The van der Waals surface area contributed by atoms with E-state index >= 15 is 0 Å². The van der Waals surface area contributed by atoms with Gasteiger partial charge in [0.15, 0.2) is 5.82 Å². The van der Waals surface area contributed by atoms with Crippen LogP contribution < -0.4 is 9.86 Å². The summed E-state index contributed by atoms with van der Waals surface area (Å²) in [7, 11) is -3.88. The number of halogens is 2. The number of nitrogens with zero attached hydrogens (tertiary/aromatic N) is 3. The van der Waals surface area contributed by atoms with Gasteiger partial charge in [-0.3, -0.25) is 9.89 Å². The molecule has 0 aliphatic carbocycles. The number of aryl methyl sites for hydroxylation is 1. The van der Waals surface area contributed by atoms with Crippen LogP contribution in [0, 0.1) is 6.92 Å². The third-order valence-corrected chi connectivity index (χ3v) is 7.80. The Kier molecular flexibility index (Phi) is 5.31. The number of anilines is 1. The molecule has 1 N–H and O–H groups in total. The number of pyridine rings is 1. The first-order valence-corrected chi connectivity index (χ1v) is 12.3. The van der Waals surface area contributed by atoms with E-state index in [2.05, 4.69) is 10.1 Å². The molecule has 2 aromatic carbocycles. The van der Waals surface area contributed by atoms with Crippen LogP contribution in [0.25, 0.3) is 16.9 Å². The lowest BCUT2D eigenvalue weighted by atomic mass is 10.1. The predicted molar refractivity (Wildman–Crippen MR) is 129 cm³/mol. The topological polar surface area (TPSA) is 88.1 Å².